The van der Waals surface area contributed by atoms with Crippen molar-refractivity contribution in [1.29, 1.82) is 0 Å². The van der Waals surface area contributed by atoms with Crippen molar-refractivity contribution in [1.82, 2.24) is 9.88 Å². The minimum absolute atomic E-state index is 0.0830. The predicted octanol–water partition coefficient (Wildman–Crippen LogP) is 4.72. The Labute approximate surface area is 156 Å². The smallest absolute Gasteiger partial charge is 0.321 e. The fraction of sp³-hybridized carbons (Fsp3) is 0.300. The Morgan fingerprint density at radius 2 is 2.04 bits per heavy atom. The molecule has 1 saturated heterocycles. The van der Waals surface area contributed by atoms with E-state index in [9.17, 15) is 4.79 Å². The van der Waals surface area contributed by atoms with Crippen LogP contribution in [0.3, 0.4) is 0 Å². The van der Waals surface area contributed by atoms with Gasteiger partial charge in [-0.15, -0.1) is 11.3 Å². The van der Waals surface area contributed by atoms with Gasteiger partial charge in [-0.1, -0.05) is 24.3 Å². The number of fused-ring (bicyclic) bond motifs is 1. The maximum atomic E-state index is 12.7. The number of nitrogens with one attached hydrogen (secondary N) is 1. The first-order valence-electron chi connectivity index (χ1n) is 8.79. The zero-order valence-electron chi connectivity index (χ0n) is 14.6. The minimum Gasteiger partial charge on any atom is -0.495 e. The van der Waals surface area contributed by atoms with Crippen LogP contribution in [0.25, 0.3) is 10.2 Å². The number of carbonyl (C=O) groups is 1. The first kappa shape index (κ1) is 16.8. The number of ether oxygens (including phenoxy) is 1. The van der Waals surface area contributed by atoms with Crippen molar-refractivity contribution in [2.45, 2.75) is 18.8 Å². The van der Waals surface area contributed by atoms with Gasteiger partial charge in [0.25, 0.3) is 0 Å². The maximum Gasteiger partial charge on any atom is 0.321 e. The second-order valence-electron chi connectivity index (χ2n) is 6.44. The summed E-state index contributed by atoms with van der Waals surface area (Å²) in [4.78, 5) is 19.4. The van der Waals surface area contributed by atoms with Crippen LogP contribution < -0.4 is 10.1 Å². The molecule has 3 aromatic rings. The lowest BCUT2D eigenvalue weighted by Gasteiger charge is -2.32. The van der Waals surface area contributed by atoms with Crippen LogP contribution in [0.1, 0.15) is 23.8 Å². The number of piperidine rings is 1. The highest BCUT2D eigenvalue weighted by Gasteiger charge is 2.27. The van der Waals surface area contributed by atoms with E-state index in [0.717, 1.165) is 29.9 Å². The highest BCUT2D eigenvalue weighted by Crippen LogP contribution is 2.33. The Kier molecular flexibility index (Phi) is 4.75. The van der Waals surface area contributed by atoms with Gasteiger partial charge in [-0.2, -0.15) is 0 Å². The monoisotopic (exact) mass is 367 g/mol. The maximum absolute atomic E-state index is 12.7. The molecule has 2 heterocycles. The second-order valence-corrected chi connectivity index (χ2v) is 7.50. The number of carbonyl (C=O) groups excluding carboxylic acids is 1. The van der Waals surface area contributed by atoms with E-state index in [-0.39, 0.29) is 6.03 Å². The van der Waals surface area contributed by atoms with Gasteiger partial charge in [-0.05, 0) is 37.1 Å². The van der Waals surface area contributed by atoms with Crippen LogP contribution in [0, 0.1) is 0 Å². The molecule has 1 atom stereocenters. The van der Waals surface area contributed by atoms with Crippen LogP contribution in [-0.4, -0.2) is 36.1 Å². The molecule has 134 valence electrons. The lowest BCUT2D eigenvalue weighted by Crippen LogP contribution is -2.41. The van der Waals surface area contributed by atoms with Crippen LogP contribution in [0.2, 0.25) is 0 Å². The van der Waals surface area contributed by atoms with Gasteiger partial charge in [0, 0.05) is 19.0 Å². The third-order valence-electron chi connectivity index (χ3n) is 4.72. The molecule has 1 N–H and O–H groups in total. The molecule has 26 heavy (non-hydrogen) atoms. The Morgan fingerprint density at radius 3 is 2.88 bits per heavy atom. The van der Waals surface area contributed by atoms with Gasteiger partial charge in [0.2, 0.25) is 0 Å². The average Bonchev–Trinajstić information content (AvgIpc) is 3.13. The summed E-state index contributed by atoms with van der Waals surface area (Å²) in [7, 11) is 1.61. The van der Waals surface area contributed by atoms with Gasteiger partial charge in [-0.25, -0.2) is 9.78 Å². The lowest BCUT2D eigenvalue weighted by molar-refractivity contribution is 0.192. The Bertz CT molecular complexity index is 891. The van der Waals surface area contributed by atoms with E-state index in [0.29, 0.717) is 23.9 Å². The fourth-order valence-corrected chi connectivity index (χ4v) is 4.46. The molecule has 4 rings (SSSR count). The Hall–Kier alpha value is -2.60. The third-order valence-corrected chi connectivity index (χ3v) is 5.92. The van der Waals surface area contributed by atoms with Gasteiger partial charge in [0.1, 0.15) is 5.75 Å². The van der Waals surface area contributed by atoms with Gasteiger partial charge < -0.3 is 15.0 Å². The average molecular weight is 367 g/mol. The molecule has 0 radical (unpaired) electrons. The van der Waals surface area contributed by atoms with Crippen molar-refractivity contribution in [3.63, 3.8) is 0 Å². The quantitative estimate of drug-likeness (QED) is 0.729. The number of thiazole rings is 1. The van der Waals surface area contributed by atoms with Crippen molar-refractivity contribution >= 4 is 33.3 Å². The van der Waals surface area contributed by atoms with Crippen molar-refractivity contribution in [3.05, 3.63) is 53.5 Å². The number of methoxy groups -OCH3 is 1. The van der Waals surface area contributed by atoms with Crippen molar-refractivity contribution in [2.24, 2.45) is 0 Å². The number of anilines is 1. The van der Waals surface area contributed by atoms with E-state index in [1.807, 2.05) is 47.4 Å². The summed E-state index contributed by atoms with van der Waals surface area (Å²) in [6, 6.07) is 15.6. The molecule has 1 fully saturated rings. The molecular formula is C20H21N3O2S. The van der Waals surface area contributed by atoms with Gasteiger partial charge in [-0.3, -0.25) is 0 Å². The number of benzene rings is 2. The van der Waals surface area contributed by atoms with E-state index < -0.39 is 0 Å². The number of likely N-dealkylation sites (tertiary alicyclic amines) is 1. The molecule has 1 aromatic heterocycles. The van der Waals surface area contributed by atoms with Crippen LogP contribution in [0.4, 0.5) is 10.5 Å². The SMILES string of the molecule is COc1ccccc1NC(=O)N1CCC[C@@H](c2nc3ccccc3s2)C1. The number of rotatable bonds is 3. The van der Waals surface area contributed by atoms with E-state index >= 15 is 0 Å². The molecule has 0 saturated carbocycles. The zero-order chi connectivity index (χ0) is 17.9. The van der Waals surface area contributed by atoms with Crippen LogP contribution in [0.15, 0.2) is 48.5 Å². The molecule has 1 aliphatic rings. The normalized spacial score (nSPS) is 17.3. The van der Waals surface area contributed by atoms with Crippen LogP contribution in [0.5, 0.6) is 5.75 Å². The summed E-state index contributed by atoms with van der Waals surface area (Å²) >= 11 is 1.74. The molecule has 0 spiro atoms. The summed E-state index contributed by atoms with van der Waals surface area (Å²) in [5, 5.41) is 4.10. The topological polar surface area (TPSA) is 54.5 Å². The molecule has 5 nitrogen and oxygen atoms in total. The van der Waals surface area contributed by atoms with Crippen molar-refractivity contribution in [3.8, 4) is 5.75 Å². The van der Waals surface area contributed by atoms with Crippen molar-refractivity contribution < 1.29 is 9.53 Å². The Morgan fingerprint density at radius 1 is 1.23 bits per heavy atom. The molecule has 0 bridgehead atoms. The van der Waals surface area contributed by atoms with Crippen LogP contribution in [-0.2, 0) is 0 Å². The zero-order valence-corrected chi connectivity index (χ0v) is 15.5. The standard InChI is InChI=1S/C20H21N3O2S/c1-25-17-10-4-2-8-15(17)22-20(24)23-12-6-7-14(13-23)19-21-16-9-3-5-11-18(16)26-19/h2-5,8-11,14H,6-7,12-13H2,1H3,(H,22,24)/t14-/m1/s1. The van der Waals surface area contributed by atoms with E-state index in [4.69, 9.17) is 9.72 Å². The van der Waals surface area contributed by atoms with Crippen molar-refractivity contribution in [2.75, 3.05) is 25.5 Å². The first-order chi connectivity index (χ1) is 12.7. The summed E-state index contributed by atoms with van der Waals surface area (Å²) in [6.45, 7) is 1.46. The van der Waals surface area contributed by atoms with E-state index in [2.05, 4.69) is 11.4 Å². The minimum atomic E-state index is -0.0830. The first-order valence-corrected chi connectivity index (χ1v) is 9.60. The summed E-state index contributed by atoms with van der Waals surface area (Å²) in [6.07, 6.45) is 2.05. The molecule has 2 amide bonds. The highest BCUT2D eigenvalue weighted by atomic mass is 32.1. The lowest BCUT2D eigenvalue weighted by atomic mass is 9.99. The van der Waals surface area contributed by atoms with Gasteiger partial charge in [0.15, 0.2) is 0 Å². The number of hydrogen-bond acceptors (Lipinski definition) is 4. The number of para-hydroxylation sites is 3. The van der Waals surface area contributed by atoms with E-state index in [1.165, 1.54) is 4.70 Å². The highest BCUT2D eigenvalue weighted by molar-refractivity contribution is 7.18. The summed E-state index contributed by atoms with van der Waals surface area (Å²) in [5.74, 6) is 0.963. The number of aromatic nitrogens is 1. The van der Waals surface area contributed by atoms with Gasteiger partial charge >= 0.3 is 6.03 Å². The van der Waals surface area contributed by atoms with E-state index in [1.54, 1.807) is 18.4 Å². The fourth-order valence-electron chi connectivity index (χ4n) is 3.37. The number of nitrogens with zero attached hydrogens (tertiary/aromatic N) is 2. The number of urea groups is 1. The summed E-state index contributed by atoms with van der Waals surface area (Å²) < 4.78 is 6.52. The second kappa shape index (κ2) is 7.33. The molecule has 2 aromatic carbocycles. The number of amides is 2. The predicted molar refractivity (Wildman–Crippen MR) is 105 cm³/mol. The van der Waals surface area contributed by atoms with Crippen LogP contribution >= 0.6 is 11.3 Å². The molecule has 6 heteroatoms. The molecule has 0 unspecified atom stereocenters. The Balaban J connectivity index is 1.48. The molecule has 0 aliphatic carbocycles. The molecule has 1 aliphatic heterocycles. The third kappa shape index (κ3) is 3.37. The number of hydrogen-bond donors (Lipinski definition) is 1. The largest absolute Gasteiger partial charge is 0.495 e. The summed E-state index contributed by atoms with van der Waals surface area (Å²) in [5.41, 5.74) is 1.74. The molecular weight excluding hydrogens is 346 g/mol. The van der Waals surface area contributed by atoms with Gasteiger partial charge in [0.05, 0.1) is 28.0 Å².